The van der Waals surface area contributed by atoms with E-state index in [0.29, 0.717) is 15.9 Å². The molecule has 5 aromatic rings. The van der Waals surface area contributed by atoms with Crippen LogP contribution in [0.25, 0.3) is 32.1 Å². The minimum absolute atomic E-state index is 0.0419. The number of carbonyl (C=O) groups is 1. The molecule has 0 aliphatic rings. The van der Waals surface area contributed by atoms with Gasteiger partial charge >= 0.3 is 0 Å². The molecular weight excluding hydrogens is 442 g/mol. The zero-order valence-electron chi connectivity index (χ0n) is 19.3. The van der Waals surface area contributed by atoms with Crippen molar-refractivity contribution in [3.63, 3.8) is 0 Å². The normalized spacial score (nSPS) is 11.7. The van der Waals surface area contributed by atoms with Crippen molar-refractivity contribution in [2.75, 3.05) is 5.32 Å². The summed E-state index contributed by atoms with van der Waals surface area (Å²) in [6, 6.07) is 22.1. The highest BCUT2D eigenvalue weighted by Gasteiger charge is 2.16. The van der Waals surface area contributed by atoms with E-state index in [2.05, 4.69) is 55.3 Å². The Balaban J connectivity index is 1.42. The van der Waals surface area contributed by atoms with Gasteiger partial charge in [-0.05, 0) is 45.5 Å². The first-order valence-corrected chi connectivity index (χ1v) is 12.0. The number of hydrogen-bond acceptors (Lipinski definition) is 4. The fourth-order valence-electron chi connectivity index (χ4n) is 4.06. The monoisotopic (exact) mass is 467 g/mol. The summed E-state index contributed by atoms with van der Waals surface area (Å²) in [6.07, 6.45) is 1.45. The van der Waals surface area contributed by atoms with Gasteiger partial charge in [0, 0.05) is 16.6 Å². The van der Waals surface area contributed by atoms with Gasteiger partial charge in [0.05, 0.1) is 11.7 Å². The van der Waals surface area contributed by atoms with E-state index in [4.69, 9.17) is 0 Å². The third-order valence-corrected chi connectivity index (χ3v) is 6.86. The summed E-state index contributed by atoms with van der Waals surface area (Å²) >= 11 is 1.44. The second-order valence-corrected chi connectivity index (χ2v) is 10.3. The third-order valence-electron chi connectivity index (χ3n) is 5.97. The van der Waals surface area contributed by atoms with Gasteiger partial charge in [-0.3, -0.25) is 14.2 Å². The molecule has 0 saturated heterocycles. The molecule has 0 unspecified atom stereocenters. The van der Waals surface area contributed by atoms with Gasteiger partial charge in [-0.15, -0.1) is 11.3 Å². The van der Waals surface area contributed by atoms with E-state index in [1.807, 2.05) is 47.8 Å². The third kappa shape index (κ3) is 4.24. The summed E-state index contributed by atoms with van der Waals surface area (Å²) in [4.78, 5) is 31.2. The van der Waals surface area contributed by atoms with Crippen molar-refractivity contribution in [3.05, 3.63) is 94.4 Å². The highest BCUT2D eigenvalue weighted by atomic mass is 32.1. The number of carbonyl (C=O) groups excluding carboxylic acids is 1. The quantitative estimate of drug-likeness (QED) is 0.342. The minimum atomic E-state index is -0.269. The summed E-state index contributed by atoms with van der Waals surface area (Å²) in [5.74, 6) is -0.269. The molecule has 0 atom stereocenters. The molecule has 1 amide bonds. The number of thiophene rings is 1. The van der Waals surface area contributed by atoms with Gasteiger partial charge in [0.1, 0.15) is 11.4 Å². The number of aromatic nitrogens is 2. The van der Waals surface area contributed by atoms with Crippen LogP contribution in [0.5, 0.6) is 0 Å². The summed E-state index contributed by atoms with van der Waals surface area (Å²) < 4.78 is 1.37. The number of anilines is 1. The lowest BCUT2D eigenvalue weighted by Gasteiger charge is -2.19. The topological polar surface area (TPSA) is 64.0 Å². The Labute approximate surface area is 201 Å². The number of nitrogens with one attached hydrogen (secondary N) is 1. The summed E-state index contributed by atoms with van der Waals surface area (Å²) in [5, 5.41) is 7.65. The smallest absolute Gasteiger partial charge is 0.263 e. The molecule has 0 aliphatic carbocycles. The lowest BCUT2D eigenvalue weighted by atomic mass is 9.87. The molecule has 2 aromatic heterocycles. The Hall–Kier alpha value is -3.77. The van der Waals surface area contributed by atoms with Crippen LogP contribution in [-0.4, -0.2) is 15.5 Å². The van der Waals surface area contributed by atoms with Gasteiger partial charge in [0.25, 0.3) is 5.56 Å². The average molecular weight is 468 g/mol. The van der Waals surface area contributed by atoms with Crippen LogP contribution in [0.2, 0.25) is 0 Å². The van der Waals surface area contributed by atoms with Crippen LogP contribution < -0.4 is 10.9 Å². The maximum absolute atomic E-state index is 13.3. The highest BCUT2D eigenvalue weighted by Crippen LogP contribution is 2.32. The first-order chi connectivity index (χ1) is 16.3. The molecule has 34 heavy (non-hydrogen) atoms. The molecule has 0 fully saturated rings. The molecule has 0 saturated carbocycles. The largest absolute Gasteiger partial charge is 0.325 e. The maximum Gasteiger partial charge on any atom is 0.263 e. The van der Waals surface area contributed by atoms with Gasteiger partial charge in [-0.1, -0.05) is 69.3 Å². The SMILES string of the molecule is CC(C)(C)c1ccc(NC(=O)Cn2cnc3scc(-c4ccc5ccccc5c4)c3c2=O)cc1. The van der Waals surface area contributed by atoms with Gasteiger partial charge in [0.15, 0.2) is 0 Å². The van der Waals surface area contributed by atoms with Crippen molar-refractivity contribution in [3.8, 4) is 11.1 Å². The number of amides is 1. The van der Waals surface area contributed by atoms with Crippen LogP contribution in [0.1, 0.15) is 26.3 Å². The second kappa shape index (κ2) is 8.54. The van der Waals surface area contributed by atoms with E-state index in [-0.39, 0.29) is 23.4 Å². The van der Waals surface area contributed by atoms with Gasteiger partial charge < -0.3 is 5.32 Å². The van der Waals surface area contributed by atoms with E-state index >= 15 is 0 Å². The van der Waals surface area contributed by atoms with Crippen LogP contribution in [-0.2, 0) is 16.8 Å². The molecular formula is C28H25N3O2S. The number of hydrogen-bond donors (Lipinski definition) is 1. The molecule has 6 heteroatoms. The predicted octanol–water partition coefficient (Wildman–Crippen LogP) is 6.21. The molecule has 0 bridgehead atoms. The molecule has 1 N–H and O–H groups in total. The molecule has 170 valence electrons. The zero-order valence-corrected chi connectivity index (χ0v) is 20.1. The molecule has 3 aromatic carbocycles. The Morgan fingerprint density at radius 2 is 1.74 bits per heavy atom. The molecule has 2 heterocycles. The first-order valence-electron chi connectivity index (χ1n) is 11.2. The van der Waals surface area contributed by atoms with Crippen molar-refractivity contribution >= 4 is 43.9 Å². The molecule has 5 rings (SSSR count). The van der Waals surface area contributed by atoms with Crippen LogP contribution in [0.15, 0.2) is 83.2 Å². The van der Waals surface area contributed by atoms with E-state index in [0.717, 1.165) is 21.9 Å². The number of rotatable bonds is 4. The van der Waals surface area contributed by atoms with Gasteiger partial charge in [0.2, 0.25) is 5.91 Å². The van der Waals surface area contributed by atoms with Gasteiger partial charge in [-0.25, -0.2) is 4.98 Å². The Morgan fingerprint density at radius 1 is 1.00 bits per heavy atom. The first kappa shape index (κ1) is 22.0. The van der Waals surface area contributed by atoms with E-state index in [1.165, 1.54) is 27.8 Å². The second-order valence-electron chi connectivity index (χ2n) is 9.44. The highest BCUT2D eigenvalue weighted by molar-refractivity contribution is 7.17. The van der Waals surface area contributed by atoms with Crippen LogP contribution in [0, 0.1) is 0 Å². The van der Waals surface area contributed by atoms with E-state index in [1.54, 1.807) is 0 Å². The zero-order chi connectivity index (χ0) is 23.9. The Kier molecular flexibility index (Phi) is 5.54. The number of fused-ring (bicyclic) bond motifs is 2. The summed E-state index contributed by atoms with van der Waals surface area (Å²) in [7, 11) is 0. The average Bonchev–Trinajstić information content (AvgIpc) is 3.25. The molecule has 0 spiro atoms. The van der Waals surface area contributed by atoms with Crippen LogP contribution in [0.3, 0.4) is 0 Å². The maximum atomic E-state index is 13.3. The standard InChI is InChI=1S/C28H25N3O2S/c1-28(2,3)21-10-12-22(13-11-21)30-24(32)15-31-17-29-26-25(27(31)33)23(16-34-26)20-9-8-18-6-4-5-7-19(18)14-20/h4-14,16-17H,15H2,1-3H3,(H,30,32). The van der Waals surface area contributed by atoms with Gasteiger partial charge in [-0.2, -0.15) is 0 Å². The minimum Gasteiger partial charge on any atom is -0.325 e. The predicted molar refractivity (Wildman–Crippen MR) is 141 cm³/mol. The Bertz CT molecular complexity index is 1570. The molecule has 0 radical (unpaired) electrons. The fraction of sp³-hybridized carbons (Fsp3) is 0.179. The van der Waals surface area contributed by atoms with Crippen molar-refractivity contribution in [1.29, 1.82) is 0 Å². The van der Waals surface area contributed by atoms with E-state index in [9.17, 15) is 9.59 Å². The van der Waals surface area contributed by atoms with Crippen molar-refractivity contribution in [2.24, 2.45) is 0 Å². The van der Waals surface area contributed by atoms with Crippen LogP contribution >= 0.6 is 11.3 Å². The summed E-state index contributed by atoms with van der Waals surface area (Å²) in [6.45, 7) is 6.34. The Morgan fingerprint density at radius 3 is 2.47 bits per heavy atom. The number of benzene rings is 3. The lowest BCUT2D eigenvalue weighted by Crippen LogP contribution is -2.27. The van der Waals surface area contributed by atoms with Crippen molar-refractivity contribution in [2.45, 2.75) is 32.7 Å². The van der Waals surface area contributed by atoms with E-state index < -0.39 is 0 Å². The lowest BCUT2D eigenvalue weighted by molar-refractivity contribution is -0.116. The number of nitrogens with zero attached hydrogens (tertiary/aromatic N) is 2. The fourth-order valence-corrected chi connectivity index (χ4v) is 4.96. The van der Waals surface area contributed by atoms with Crippen molar-refractivity contribution < 1.29 is 4.79 Å². The summed E-state index contributed by atoms with van der Waals surface area (Å²) in [5.41, 5.74) is 3.52. The molecule has 0 aliphatic heterocycles. The van der Waals surface area contributed by atoms with Crippen molar-refractivity contribution in [1.82, 2.24) is 9.55 Å². The van der Waals surface area contributed by atoms with Crippen LogP contribution in [0.4, 0.5) is 5.69 Å². The molecule has 5 nitrogen and oxygen atoms in total.